The van der Waals surface area contributed by atoms with Gasteiger partial charge in [-0.15, -0.1) is 0 Å². The van der Waals surface area contributed by atoms with Crippen molar-refractivity contribution >= 4 is 34.7 Å². The molecule has 2 aromatic rings. The molecule has 3 N–H and O–H groups in total. The second-order valence-corrected chi connectivity index (χ2v) is 5.07. The molecule has 0 spiro atoms. The summed E-state index contributed by atoms with van der Waals surface area (Å²) in [4.78, 5) is 10.6. The molecule has 0 saturated heterocycles. The van der Waals surface area contributed by atoms with Crippen molar-refractivity contribution in [2.75, 3.05) is 10.6 Å². The van der Waals surface area contributed by atoms with E-state index in [2.05, 4.69) is 10.6 Å². The minimum Gasteiger partial charge on any atom is -0.481 e. The van der Waals surface area contributed by atoms with Gasteiger partial charge in [0.05, 0.1) is 6.42 Å². The fraction of sp³-hybridized carbons (Fsp3) is 0.125. The third kappa shape index (κ3) is 4.57. The van der Waals surface area contributed by atoms with E-state index >= 15 is 0 Å². The van der Waals surface area contributed by atoms with Gasteiger partial charge in [-0.1, -0.05) is 30.3 Å². The van der Waals surface area contributed by atoms with E-state index in [0.29, 0.717) is 5.11 Å². The molecule has 0 heterocycles. The molecule has 0 fully saturated rings. The van der Waals surface area contributed by atoms with Crippen LogP contribution in [0.2, 0.25) is 0 Å². The molecule has 0 aromatic heterocycles. The van der Waals surface area contributed by atoms with Gasteiger partial charge in [-0.2, -0.15) is 0 Å². The van der Waals surface area contributed by atoms with Crippen molar-refractivity contribution in [3.05, 3.63) is 59.7 Å². The van der Waals surface area contributed by atoms with E-state index in [1.165, 1.54) is 0 Å². The molecular formula is C16H16N2O2S. The van der Waals surface area contributed by atoms with Gasteiger partial charge in [-0.3, -0.25) is 4.79 Å². The molecule has 0 aliphatic heterocycles. The van der Waals surface area contributed by atoms with Gasteiger partial charge >= 0.3 is 5.97 Å². The van der Waals surface area contributed by atoms with Crippen molar-refractivity contribution in [1.82, 2.24) is 0 Å². The molecule has 108 valence electrons. The summed E-state index contributed by atoms with van der Waals surface area (Å²) in [6, 6.07) is 15.0. The molecule has 5 heteroatoms. The second kappa shape index (κ2) is 6.85. The molecule has 0 unspecified atom stereocenters. The summed E-state index contributed by atoms with van der Waals surface area (Å²) in [5, 5.41) is 15.4. The Balaban J connectivity index is 1.96. The van der Waals surface area contributed by atoms with E-state index in [9.17, 15) is 4.79 Å². The third-order valence-corrected chi connectivity index (χ3v) is 3.16. The first-order valence-electron chi connectivity index (χ1n) is 6.49. The van der Waals surface area contributed by atoms with Crippen molar-refractivity contribution in [3.63, 3.8) is 0 Å². The highest BCUT2D eigenvalue weighted by Crippen LogP contribution is 2.15. The molecule has 2 aromatic carbocycles. The Morgan fingerprint density at radius 1 is 1.10 bits per heavy atom. The summed E-state index contributed by atoms with van der Waals surface area (Å²) < 4.78 is 0. The average molecular weight is 300 g/mol. The molecule has 0 atom stereocenters. The normalized spacial score (nSPS) is 9.95. The van der Waals surface area contributed by atoms with Gasteiger partial charge < -0.3 is 15.7 Å². The van der Waals surface area contributed by atoms with Gasteiger partial charge in [0.2, 0.25) is 0 Å². The second-order valence-electron chi connectivity index (χ2n) is 4.66. The number of rotatable bonds is 4. The van der Waals surface area contributed by atoms with Gasteiger partial charge in [0.1, 0.15) is 0 Å². The molecule has 21 heavy (non-hydrogen) atoms. The van der Waals surface area contributed by atoms with E-state index < -0.39 is 5.97 Å². The Hall–Kier alpha value is -2.40. The minimum absolute atomic E-state index is 0.0200. The summed E-state index contributed by atoms with van der Waals surface area (Å²) in [6.07, 6.45) is 0.0200. The van der Waals surface area contributed by atoms with Gasteiger partial charge in [-0.05, 0) is 48.5 Å². The van der Waals surface area contributed by atoms with Crippen molar-refractivity contribution in [3.8, 4) is 0 Å². The fourth-order valence-electron chi connectivity index (χ4n) is 1.88. The first-order valence-corrected chi connectivity index (χ1v) is 6.90. The fourth-order valence-corrected chi connectivity index (χ4v) is 2.11. The summed E-state index contributed by atoms with van der Waals surface area (Å²) >= 11 is 5.26. The lowest BCUT2D eigenvalue weighted by molar-refractivity contribution is -0.136. The Morgan fingerprint density at radius 2 is 1.76 bits per heavy atom. The number of anilines is 2. The summed E-state index contributed by atoms with van der Waals surface area (Å²) in [6.45, 7) is 2.01. The number of benzene rings is 2. The number of carboxylic acids is 1. The SMILES string of the molecule is Cc1ccccc1NC(=S)Nc1ccc(CC(=O)O)cc1. The van der Waals surface area contributed by atoms with Crippen LogP contribution in [0.1, 0.15) is 11.1 Å². The van der Waals surface area contributed by atoms with Crippen LogP contribution in [0.15, 0.2) is 48.5 Å². The highest BCUT2D eigenvalue weighted by Gasteiger charge is 2.03. The van der Waals surface area contributed by atoms with Crippen LogP contribution < -0.4 is 10.6 Å². The smallest absolute Gasteiger partial charge is 0.307 e. The topological polar surface area (TPSA) is 61.4 Å². The molecule has 0 aliphatic carbocycles. The monoisotopic (exact) mass is 300 g/mol. The van der Waals surface area contributed by atoms with Crippen LogP contribution >= 0.6 is 12.2 Å². The highest BCUT2D eigenvalue weighted by molar-refractivity contribution is 7.80. The minimum atomic E-state index is -0.840. The number of aryl methyl sites for hydroxylation is 1. The van der Waals surface area contributed by atoms with Gasteiger partial charge in [-0.25, -0.2) is 0 Å². The molecule has 0 amide bonds. The number of thiocarbonyl (C=S) groups is 1. The Morgan fingerprint density at radius 3 is 2.38 bits per heavy atom. The lowest BCUT2D eigenvalue weighted by Gasteiger charge is -2.12. The predicted molar refractivity (Wildman–Crippen MR) is 88.8 cm³/mol. The van der Waals surface area contributed by atoms with Crippen LogP contribution in [0.4, 0.5) is 11.4 Å². The number of para-hydroxylation sites is 1. The largest absolute Gasteiger partial charge is 0.481 e. The van der Waals surface area contributed by atoms with E-state index in [4.69, 9.17) is 17.3 Å². The Bertz CT molecular complexity index is 654. The van der Waals surface area contributed by atoms with Crippen molar-refractivity contribution < 1.29 is 9.90 Å². The zero-order valence-electron chi connectivity index (χ0n) is 11.6. The summed E-state index contributed by atoms with van der Waals surface area (Å²) in [5.74, 6) is -0.840. The summed E-state index contributed by atoms with van der Waals surface area (Å²) in [5.41, 5.74) is 3.64. The van der Waals surface area contributed by atoms with Crippen molar-refractivity contribution in [2.45, 2.75) is 13.3 Å². The maximum atomic E-state index is 10.6. The number of nitrogens with one attached hydrogen (secondary N) is 2. The Kier molecular flexibility index (Phi) is 4.90. The van der Waals surface area contributed by atoms with Gasteiger partial charge in [0.15, 0.2) is 5.11 Å². The van der Waals surface area contributed by atoms with E-state index in [0.717, 1.165) is 22.5 Å². The van der Waals surface area contributed by atoms with Crippen LogP contribution in [0, 0.1) is 6.92 Å². The van der Waals surface area contributed by atoms with Crippen molar-refractivity contribution in [1.29, 1.82) is 0 Å². The number of carbonyl (C=O) groups is 1. The molecule has 2 rings (SSSR count). The van der Waals surface area contributed by atoms with E-state index in [1.54, 1.807) is 12.1 Å². The first-order chi connectivity index (χ1) is 10.0. The number of aliphatic carboxylic acids is 1. The predicted octanol–water partition coefficient (Wildman–Crippen LogP) is 3.43. The van der Waals surface area contributed by atoms with E-state index in [1.807, 2.05) is 43.3 Å². The average Bonchev–Trinajstić information content (AvgIpc) is 2.43. The molecule has 4 nitrogen and oxygen atoms in total. The summed E-state index contributed by atoms with van der Waals surface area (Å²) in [7, 11) is 0. The lowest BCUT2D eigenvalue weighted by Crippen LogP contribution is -2.19. The van der Waals surface area contributed by atoms with Crippen LogP contribution in [0.25, 0.3) is 0 Å². The quantitative estimate of drug-likeness (QED) is 0.755. The Labute approximate surface area is 128 Å². The zero-order valence-corrected chi connectivity index (χ0v) is 12.4. The molecular weight excluding hydrogens is 284 g/mol. The maximum Gasteiger partial charge on any atom is 0.307 e. The maximum absolute atomic E-state index is 10.6. The van der Waals surface area contributed by atoms with Crippen LogP contribution in [0.5, 0.6) is 0 Å². The van der Waals surface area contributed by atoms with Crippen LogP contribution in [0.3, 0.4) is 0 Å². The molecule has 0 aliphatic rings. The molecule has 0 bridgehead atoms. The number of hydrogen-bond acceptors (Lipinski definition) is 2. The van der Waals surface area contributed by atoms with Gasteiger partial charge in [0.25, 0.3) is 0 Å². The third-order valence-electron chi connectivity index (χ3n) is 2.96. The zero-order chi connectivity index (χ0) is 15.2. The van der Waals surface area contributed by atoms with Crippen LogP contribution in [-0.2, 0) is 11.2 Å². The highest BCUT2D eigenvalue weighted by atomic mass is 32.1. The molecule has 0 saturated carbocycles. The lowest BCUT2D eigenvalue weighted by atomic mass is 10.1. The standard InChI is InChI=1S/C16H16N2O2S/c1-11-4-2-3-5-14(11)18-16(21)17-13-8-6-12(7-9-13)10-15(19)20/h2-9H,10H2,1H3,(H,19,20)(H2,17,18,21). The van der Waals surface area contributed by atoms with Crippen molar-refractivity contribution in [2.24, 2.45) is 0 Å². The molecule has 0 radical (unpaired) electrons. The number of carboxylic acid groups (broad SMARTS) is 1. The van der Waals surface area contributed by atoms with E-state index in [-0.39, 0.29) is 6.42 Å². The van der Waals surface area contributed by atoms with Crippen LogP contribution in [-0.4, -0.2) is 16.2 Å². The first kappa shape index (κ1) is 15.0. The van der Waals surface area contributed by atoms with Gasteiger partial charge in [0, 0.05) is 11.4 Å². The number of hydrogen-bond donors (Lipinski definition) is 3.